The van der Waals surface area contributed by atoms with Crippen molar-refractivity contribution < 1.29 is 22.0 Å². The normalized spacial score (nSPS) is 12.0. The standard InChI is InChI=1S/C14H13F5N2/c1-4-20-11-7(3)13(14(17,18)19)21-12-8(15)5-6(2)10(16)9(11)12/h5H,4H2,1-3H3,(H,20,21). The number of hydrogen-bond acceptors (Lipinski definition) is 2. The van der Waals surface area contributed by atoms with Gasteiger partial charge in [0.05, 0.1) is 11.1 Å². The molecule has 2 nitrogen and oxygen atoms in total. The molecule has 2 rings (SSSR count). The molecule has 1 aromatic heterocycles. The van der Waals surface area contributed by atoms with Crippen molar-refractivity contribution in [2.45, 2.75) is 26.9 Å². The Morgan fingerprint density at radius 1 is 1.19 bits per heavy atom. The summed E-state index contributed by atoms with van der Waals surface area (Å²) in [5.41, 5.74) is -2.14. The second-order valence-electron chi connectivity index (χ2n) is 4.70. The number of aryl methyl sites for hydroxylation is 1. The van der Waals surface area contributed by atoms with Gasteiger partial charge in [-0.05, 0) is 32.4 Å². The third kappa shape index (κ3) is 2.52. The molecule has 0 bridgehead atoms. The average Bonchev–Trinajstić information content (AvgIpc) is 2.37. The van der Waals surface area contributed by atoms with E-state index in [2.05, 4.69) is 10.3 Å². The lowest BCUT2D eigenvalue weighted by molar-refractivity contribution is -0.141. The van der Waals surface area contributed by atoms with Crippen molar-refractivity contribution in [1.82, 2.24) is 4.98 Å². The van der Waals surface area contributed by atoms with Crippen LogP contribution in [0, 0.1) is 25.5 Å². The molecule has 1 heterocycles. The second-order valence-corrected chi connectivity index (χ2v) is 4.70. The van der Waals surface area contributed by atoms with Gasteiger partial charge in [-0.15, -0.1) is 0 Å². The van der Waals surface area contributed by atoms with Crippen LogP contribution >= 0.6 is 0 Å². The summed E-state index contributed by atoms with van der Waals surface area (Å²) in [6.07, 6.45) is -4.74. The molecule has 0 aliphatic heterocycles. The molecule has 1 N–H and O–H groups in total. The number of anilines is 1. The van der Waals surface area contributed by atoms with Crippen molar-refractivity contribution in [2.75, 3.05) is 11.9 Å². The fraction of sp³-hybridized carbons (Fsp3) is 0.357. The molecule has 0 saturated heterocycles. The summed E-state index contributed by atoms with van der Waals surface area (Å²) in [6.45, 7) is 4.46. The van der Waals surface area contributed by atoms with Gasteiger partial charge < -0.3 is 5.32 Å². The highest BCUT2D eigenvalue weighted by Crippen LogP contribution is 2.39. The largest absolute Gasteiger partial charge is 0.433 e. The van der Waals surface area contributed by atoms with E-state index < -0.39 is 29.0 Å². The van der Waals surface area contributed by atoms with E-state index in [1.54, 1.807) is 6.92 Å². The lowest BCUT2D eigenvalue weighted by Crippen LogP contribution is -2.14. The van der Waals surface area contributed by atoms with E-state index in [0.29, 0.717) is 0 Å². The molecule has 0 spiro atoms. The number of alkyl halides is 3. The molecule has 7 heteroatoms. The molecule has 0 amide bonds. The van der Waals surface area contributed by atoms with Gasteiger partial charge in [0, 0.05) is 12.1 Å². The van der Waals surface area contributed by atoms with E-state index in [9.17, 15) is 22.0 Å². The minimum absolute atomic E-state index is 0.0140. The number of nitrogens with one attached hydrogen (secondary N) is 1. The monoisotopic (exact) mass is 304 g/mol. The smallest absolute Gasteiger partial charge is 0.384 e. The van der Waals surface area contributed by atoms with Crippen molar-refractivity contribution >= 4 is 16.6 Å². The summed E-state index contributed by atoms with van der Waals surface area (Å²) in [5.74, 6) is -1.75. The molecule has 0 saturated carbocycles. The van der Waals surface area contributed by atoms with Gasteiger partial charge in [0.15, 0.2) is 0 Å². The third-order valence-electron chi connectivity index (χ3n) is 3.20. The second kappa shape index (κ2) is 5.13. The zero-order valence-corrected chi connectivity index (χ0v) is 11.6. The van der Waals surface area contributed by atoms with Crippen LogP contribution in [0.25, 0.3) is 10.9 Å². The number of aromatic nitrogens is 1. The highest BCUT2D eigenvalue weighted by Gasteiger charge is 2.37. The first kappa shape index (κ1) is 15.5. The molecule has 0 radical (unpaired) electrons. The first-order valence-corrected chi connectivity index (χ1v) is 6.28. The minimum atomic E-state index is -4.74. The van der Waals surface area contributed by atoms with Crippen LogP contribution in [0.3, 0.4) is 0 Å². The zero-order chi connectivity index (χ0) is 15.9. The predicted octanol–water partition coefficient (Wildman–Crippen LogP) is 4.58. The van der Waals surface area contributed by atoms with Crippen molar-refractivity contribution in [3.63, 3.8) is 0 Å². The lowest BCUT2D eigenvalue weighted by Gasteiger charge is -2.18. The van der Waals surface area contributed by atoms with E-state index in [-0.39, 0.29) is 28.7 Å². The summed E-state index contributed by atoms with van der Waals surface area (Å²) < 4.78 is 67.2. The number of pyridine rings is 1. The third-order valence-corrected chi connectivity index (χ3v) is 3.20. The van der Waals surface area contributed by atoms with E-state index in [4.69, 9.17) is 0 Å². The fourth-order valence-electron chi connectivity index (χ4n) is 2.26. The average molecular weight is 304 g/mol. The molecular formula is C14H13F5N2. The highest BCUT2D eigenvalue weighted by molar-refractivity contribution is 5.95. The van der Waals surface area contributed by atoms with Gasteiger partial charge in [0.1, 0.15) is 22.8 Å². The topological polar surface area (TPSA) is 24.9 Å². The van der Waals surface area contributed by atoms with Gasteiger partial charge in [-0.3, -0.25) is 0 Å². The number of fused-ring (bicyclic) bond motifs is 1. The SMILES string of the molecule is CCNc1c(C)c(C(F)(F)F)nc2c(F)cc(C)c(F)c12. The van der Waals surface area contributed by atoms with Crippen molar-refractivity contribution in [2.24, 2.45) is 0 Å². The summed E-state index contributed by atoms with van der Waals surface area (Å²) in [5, 5.41) is 2.43. The maximum atomic E-state index is 14.2. The zero-order valence-electron chi connectivity index (χ0n) is 11.6. The Morgan fingerprint density at radius 2 is 1.81 bits per heavy atom. The van der Waals surface area contributed by atoms with Gasteiger partial charge in [-0.25, -0.2) is 13.8 Å². The minimum Gasteiger partial charge on any atom is -0.384 e. The molecule has 21 heavy (non-hydrogen) atoms. The molecule has 0 aliphatic carbocycles. The fourth-order valence-corrected chi connectivity index (χ4v) is 2.26. The Balaban J connectivity index is 3.00. The molecule has 1 aromatic carbocycles. The van der Waals surface area contributed by atoms with Crippen molar-refractivity contribution in [3.05, 3.63) is 34.5 Å². The Labute approximate surface area is 118 Å². The maximum Gasteiger partial charge on any atom is 0.433 e. The molecule has 0 aliphatic rings. The van der Waals surface area contributed by atoms with Crippen LogP contribution < -0.4 is 5.32 Å². The summed E-state index contributed by atoms with van der Waals surface area (Å²) in [4.78, 5) is 3.31. The van der Waals surface area contributed by atoms with Crippen molar-refractivity contribution in [1.29, 1.82) is 0 Å². The Bertz CT molecular complexity index is 707. The van der Waals surface area contributed by atoms with Crippen LogP contribution in [-0.4, -0.2) is 11.5 Å². The van der Waals surface area contributed by atoms with Crippen molar-refractivity contribution in [3.8, 4) is 0 Å². The molecule has 0 atom stereocenters. The maximum absolute atomic E-state index is 14.2. The van der Waals surface area contributed by atoms with Crippen LogP contribution in [0.1, 0.15) is 23.7 Å². The number of nitrogens with zero attached hydrogens (tertiary/aromatic N) is 1. The summed E-state index contributed by atoms with van der Waals surface area (Å²) >= 11 is 0. The highest BCUT2D eigenvalue weighted by atomic mass is 19.4. The lowest BCUT2D eigenvalue weighted by atomic mass is 10.0. The molecular weight excluding hydrogens is 291 g/mol. The first-order chi connectivity index (χ1) is 9.68. The van der Waals surface area contributed by atoms with Gasteiger partial charge in [0.2, 0.25) is 0 Å². The summed E-state index contributed by atoms with van der Waals surface area (Å²) in [7, 11) is 0. The van der Waals surface area contributed by atoms with Gasteiger partial charge in [-0.1, -0.05) is 0 Å². The molecule has 114 valence electrons. The Morgan fingerprint density at radius 3 is 2.33 bits per heavy atom. The van der Waals surface area contributed by atoms with Crippen LogP contribution in [0.15, 0.2) is 6.07 Å². The van der Waals surface area contributed by atoms with E-state index in [1.807, 2.05) is 0 Å². The number of halogens is 5. The van der Waals surface area contributed by atoms with Crippen LogP contribution in [0.5, 0.6) is 0 Å². The van der Waals surface area contributed by atoms with Gasteiger partial charge in [0.25, 0.3) is 0 Å². The van der Waals surface area contributed by atoms with Crippen LogP contribution in [0.2, 0.25) is 0 Å². The van der Waals surface area contributed by atoms with E-state index in [0.717, 1.165) is 6.07 Å². The van der Waals surface area contributed by atoms with Gasteiger partial charge in [-0.2, -0.15) is 13.2 Å². The molecule has 0 fully saturated rings. The first-order valence-electron chi connectivity index (χ1n) is 6.28. The summed E-state index contributed by atoms with van der Waals surface area (Å²) in [6, 6.07) is 0.843. The quantitative estimate of drug-likeness (QED) is 0.821. The Kier molecular flexibility index (Phi) is 3.78. The van der Waals surface area contributed by atoms with Gasteiger partial charge >= 0.3 is 6.18 Å². The van der Waals surface area contributed by atoms with E-state index >= 15 is 0 Å². The molecule has 0 unspecified atom stereocenters. The number of hydrogen-bond donors (Lipinski definition) is 1. The Hall–Kier alpha value is -1.92. The van der Waals surface area contributed by atoms with Crippen LogP contribution in [0.4, 0.5) is 27.6 Å². The van der Waals surface area contributed by atoms with Crippen LogP contribution in [-0.2, 0) is 6.18 Å². The molecule has 2 aromatic rings. The van der Waals surface area contributed by atoms with E-state index in [1.165, 1.54) is 13.8 Å². The predicted molar refractivity (Wildman–Crippen MR) is 70.3 cm³/mol. The number of rotatable bonds is 2. The number of benzene rings is 1.